The van der Waals surface area contributed by atoms with E-state index in [2.05, 4.69) is 55.6 Å². The molecule has 9 nitrogen and oxygen atoms in total. The maximum Gasteiger partial charge on any atom is 0.220 e. The van der Waals surface area contributed by atoms with Crippen LogP contribution in [-0.2, 0) is 14.3 Å². The van der Waals surface area contributed by atoms with E-state index in [1.54, 1.807) is 6.08 Å². The number of rotatable bonds is 58. The Bertz CT molecular complexity index is 1350. The summed E-state index contributed by atoms with van der Waals surface area (Å²) < 4.78 is 11.3. The lowest BCUT2D eigenvalue weighted by Gasteiger charge is -2.40. The van der Waals surface area contributed by atoms with Gasteiger partial charge in [0.2, 0.25) is 5.91 Å². The second-order valence-electron chi connectivity index (χ2n) is 23.3. The summed E-state index contributed by atoms with van der Waals surface area (Å²) in [6.45, 7) is 3.80. The summed E-state index contributed by atoms with van der Waals surface area (Å²) >= 11 is 0. The fraction of sp³-hybridized carbons (Fsp3) is 0.868. The first-order valence-corrected chi connectivity index (χ1v) is 33.4. The van der Waals surface area contributed by atoms with E-state index >= 15 is 0 Å². The van der Waals surface area contributed by atoms with Crippen molar-refractivity contribution in [2.75, 3.05) is 13.2 Å². The summed E-state index contributed by atoms with van der Waals surface area (Å²) in [6.07, 6.45) is 70.7. The van der Waals surface area contributed by atoms with Crippen molar-refractivity contribution >= 4 is 5.91 Å². The highest BCUT2D eigenvalue weighted by Crippen LogP contribution is 2.23. The second-order valence-corrected chi connectivity index (χ2v) is 23.3. The van der Waals surface area contributed by atoms with E-state index in [0.717, 1.165) is 64.2 Å². The Morgan fingerprint density at radius 2 is 0.766 bits per heavy atom. The van der Waals surface area contributed by atoms with Crippen molar-refractivity contribution in [3.05, 3.63) is 48.6 Å². The van der Waals surface area contributed by atoms with Crippen LogP contribution in [0, 0.1) is 0 Å². The number of aliphatic hydroxyl groups is 5. The zero-order valence-corrected chi connectivity index (χ0v) is 50.5. The summed E-state index contributed by atoms with van der Waals surface area (Å²) in [6, 6.07) is -0.815. The SMILES string of the molecule is CCCCCCC/C=C\C/C=C\C/C=C\CCCCCCCCC(=O)NC(COC1OC(CO)C(O)C(O)C1O)C(O)/C=C/CCCCCCCCCCCCCCCCCCCCCCCCCCCCCCCCC. The van der Waals surface area contributed by atoms with Crippen LogP contribution >= 0.6 is 0 Å². The molecule has 0 bridgehead atoms. The molecule has 7 unspecified atom stereocenters. The van der Waals surface area contributed by atoms with E-state index in [4.69, 9.17) is 9.47 Å². The topological polar surface area (TPSA) is 149 Å². The number of carbonyl (C=O) groups excluding carboxylic acids is 1. The molecular formula is C68H127NO8. The van der Waals surface area contributed by atoms with E-state index in [-0.39, 0.29) is 12.5 Å². The molecule has 77 heavy (non-hydrogen) atoms. The van der Waals surface area contributed by atoms with Gasteiger partial charge in [0.1, 0.15) is 24.4 Å². The quantitative estimate of drug-likeness (QED) is 0.0261. The maximum atomic E-state index is 13.1. The molecular weight excluding hydrogens is 959 g/mol. The molecule has 0 radical (unpaired) electrons. The number of ether oxygens (including phenoxy) is 2. The molecule has 1 amide bonds. The molecule has 1 saturated heterocycles. The first-order chi connectivity index (χ1) is 37.8. The lowest BCUT2D eigenvalue weighted by molar-refractivity contribution is -0.302. The standard InChI is InChI=1S/C68H127NO8/c1-3-5-7-9-11-13-15-17-19-21-23-25-26-27-28-29-30-31-32-33-34-35-36-38-39-41-43-45-47-49-51-53-55-57-62(71)61(60-76-68-67(75)66(74)65(73)63(59-70)77-68)69-64(72)58-56-54-52-50-48-46-44-42-40-37-24-22-20-18-16-14-12-10-8-6-4-2/h16,18,22,24,40,42,55,57,61-63,65-68,70-71,73-75H,3-15,17,19-21,23,25-39,41,43-54,56,58-60H2,1-2H3,(H,69,72)/b18-16-,24-22-,42-40-,57-55+. The first-order valence-electron chi connectivity index (χ1n) is 33.4. The normalized spacial score (nSPS) is 19.0. The van der Waals surface area contributed by atoms with Gasteiger partial charge in [-0.15, -0.1) is 0 Å². The zero-order chi connectivity index (χ0) is 55.8. The smallest absolute Gasteiger partial charge is 0.220 e. The summed E-state index contributed by atoms with van der Waals surface area (Å²) in [5.74, 6) is -0.186. The molecule has 0 aliphatic carbocycles. The van der Waals surface area contributed by atoms with Gasteiger partial charge < -0.3 is 40.3 Å². The lowest BCUT2D eigenvalue weighted by Crippen LogP contribution is -2.60. The van der Waals surface area contributed by atoms with Crippen LogP contribution in [-0.4, -0.2) is 87.5 Å². The van der Waals surface area contributed by atoms with Crippen LogP contribution in [0.5, 0.6) is 0 Å². The lowest BCUT2D eigenvalue weighted by atomic mass is 9.99. The molecule has 7 atom stereocenters. The fourth-order valence-corrected chi connectivity index (χ4v) is 10.6. The van der Waals surface area contributed by atoms with Crippen molar-refractivity contribution in [2.24, 2.45) is 0 Å². The summed E-state index contributed by atoms with van der Waals surface area (Å²) in [7, 11) is 0. The van der Waals surface area contributed by atoms with Crippen molar-refractivity contribution in [1.29, 1.82) is 0 Å². The third-order valence-corrected chi connectivity index (χ3v) is 15.9. The minimum atomic E-state index is -1.57. The average molecular weight is 1090 g/mol. The largest absolute Gasteiger partial charge is 0.394 e. The van der Waals surface area contributed by atoms with Gasteiger partial charge in [0.15, 0.2) is 6.29 Å². The van der Waals surface area contributed by atoms with Crippen molar-refractivity contribution in [2.45, 2.75) is 365 Å². The van der Waals surface area contributed by atoms with Crippen molar-refractivity contribution in [3.63, 3.8) is 0 Å². The molecule has 0 aromatic carbocycles. The number of aliphatic hydroxyl groups excluding tert-OH is 5. The predicted molar refractivity (Wildman–Crippen MR) is 327 cm³/mol. The molecule has 0 spiro atoms. The number of unbranched alkanes of at least 4 members (excludes halogenated alkanes) is 42. The highest BCUT2D eigenvalue weighted by Gasteiger charge is 2.44. The van der Waals surface area contributed by atoms with Gasteiger partial charge in [-0.05, 0) is 57.8 Å². The molecule has 0 aromatic heterocycles. The van der Waals surface area contributed by atoms with Gasteiger partial charge in [-0.25, -0.2) is 0 Å². The highest BCUT2D eigenvalue weighted by molar-refractivity contribution is 5.76. The van der Waals surface area contributed by atoms with Crippen molar-refractivity contribution in [3.8, 4) is 0 Å². The Labute approximate surface area is 475 Å². The third-order valence-electron chi connectivity index (χ3n) is 15.9. The Morgan fingerprint density at radius 3 is 1.13 bits per heavy atom. The van der Waals surface area contributed by atoms with Gasteiger partial charge >= 0.3 is 0 Å². The molecule has 1 aliphatic rings. The molecule has 1 fully saturated rings. The first kappa shape index (κ1) is 73.2. The third kappa shape index (κ3) is 46.5. The molecule has 0 aromatic rings. The number of allylic oxidation sites excluding steroid dienone is 7. The van der Waals surface area contributed by atoms with Crippen LogP contribution in [0.1, 0.15) is 322 Å². The van der Waals surface area contributed by atoms with Crippen LogP contribution in [0.15, 0.2) is 48.6 Å². The molecule has 9 heteroatoms. The highest BCUT2D eigenvalue weighted by atomic mass is 16.7. The van der Waals surface area contributed by atoms with E-state index in [1.807, 2.05) is 6.08 Å². The van der Waals surface area contributed by atoms with Gasteiger partial charge in [-0.3, -0.25) is 4.79 Å². The van der Waals surface area contributed by atoms with Crippen LogP contribution in [0.2, 0.25) is 0 Å². The number of amides is 1. The fourth-order valence-electron chi connectivity index (χ4n) is 10.6. The zero-order valence-electron chi connectivity index (χ0n) is 50.5. The minimum absolute atomic E-state index is 0.186. The second kappa shape index (κ2) is 57.4. The van der Waals surface area contributed by atoms with Gasteiger partial charge in [0.25, 0.3) is 0 Å². The summed E-state index contributed by atoms with van der Waals surface area (Å²) in [4.78, 5) is 13.1. The Kier molecular flexibility index (Phi) is 54.5. The van der Waals surface area contributed by atoms with Crippen LogP contribution in [0.25, 0.3) is 0 Å². The van der Waals surface area contributed by atoms with E-state index < -0.39 is 49.5 Å². The minimum Gasteiger partial charge on any atom is -0.394 e. The van der Waals surface area contributed by atoms with Crippen LogP contribution < -0.4 is 5.32 Å². The van der Waals surface area contributed by atoms with Gasteiger partial charge in [-0.1, -0.05) is 306 Å². The van der Waals surface area contributed by atoms with E-state index in [0.29, 0.717) is 6.42 Å². The average Bonchev–Trinajstić information content (AvgIpc) is 3.43. The van der Waals surface area contributed by atoms with E-state index in [9.17, 15) is 30.3 Å². The summed E-state index contributed by atoms with van der Waals surface area (Å²) in [5, 5.41) is 54.7. The molecule has 1 rings (SSSR count). The maximum absolute atomic E-state index is 13.1. The Balaban J connectivity index is 2.15. The summed E-state index contributed by atoms with van der Waals surface area (Å²) in [5.41, 5.74) is 0. The van der Waals surface area contributed by atoms with Gasteiger partial charge in [0.05, 0.1) is 25.4 Å². The van der Waals surface area contributed by atoms with Gasteiger partial charge in [0, 0.05) is 6.42 Å². The molecule has 1 heterocycles. The molecule has 6 N–H and O–H groups in total. The van der Waals surface area contributed by atoms with Crippen LogP contribution in [0.3, 0.4) is 0 Å². The monoisotopic (exact) mass is 1090 g/mol. The molecule has 1 aliphatic heterocycles. The van der Waals surface area contributed by atoms with Crippen molar-refractivity contribution < 1.29 is 39.8 Å². The van der Waals surface area contributed by atoms with Crippen molar-refractivity contribution in [1.82, 2.24) is 5.32 Å². The number of hydrogen-bond donors (Lipinski definition) is 6. The van der Waals surface area contributed by atoms with Crippen LogP contribution in [0.4, 0.5) is 0 Å². The van der Waals surface area contributed by atoms with E-state index in [1.165, 1.54) is 238 Å². The predicted octanol–water partition coefficient (Wildman–Crippen LogP) is 17.6. The van der Waals surface area contributed by atoms with Gasteiger partial charge in [-0.2, -0.15) is 0 Å². The number of carbonyl (C=O) groups is 1. The molecule has 0 saturated carbocycles. The number of nitrogens with one attached hydrogen (secondary N) is 1. The number of hydrogen-bond acceptors (Lipinski definition) is 8. The Morgan fingerprint density at radius 1 is 0.442 bits per heavy atom. The molecule has 452 valence electrons. The Hall–Kier alpha value is -1.85.